The zero-order valence-corrected chi connectivity index (χ0v) is 11.5. The maximum atomic E-state index is 12.7. The van der Waals surface area contributed by atoms with E-state index in [1.165, 1.54) is 18.5 Å². The molecule has 0 amide bonds. The molecular weight excluding hydrogens is 307 g/mol. The number of carbonyl (C=O) groups excluding carboxylic acids is 1. The van der Waals surface area contributed by atoms with Crippen LogP contribution < -0.4 is 0 Å². The lowest BCUT2D eigenvalue weighted by atomic mass is 10.0. The Morgan fingerprint density at radius 1 is 1.19 bits per heavy atom. The van der Waals surface area contributed by atoms with E-state index in [0.29, 0.717) is 12.1 Å². The van der Waals surface area contributed by atoms with Gasteiger partial charge in [-0.1, -0.05) is 0 Å². The standard InChI is InChI=1S/C13H10F3NO3S/c1-21(19,20)11-6-9(13(14,15)16)2-3-10(11)12(18)8-4-5-17-7-8/h2-7,17H,1H3. The fraction of sp³-hybridized carbons (Fsp3) is 0.154. The van der Waals surface area contributed by atoms with E-state index < -0.39 is 32.3 Å². The number of benzene rings is 1. The van der Waals surface area contributed by atoms with Crippen molar-refractivity contribution in [2.45, 2.75) is 11.1 Å². The molecule has 4 nitrogen and oxygen atoms in total. The fourth-order valence-corrected chi connectivity index (χ4v) is 2.71. The van der Waals surface area contributed by atoms with Gasteiger partial charge in [-0.25, -0.2) is 8.42 Å². The smallest absolute Gasteiger partial charge is 0.367 e. The van der Waals surface area contributed by atoms with Gasteiger partial charge in [0, 0.05) is 29.8 Å². The highest BCUT2D eigenvalue weighted by Crippen LogP contribution is 2.32. The number of nitrogens with one attached hydrogen (secondary N) is 1. The van der Waals surface area contributed by atoms with Gasteiger partial charge in [-0.2, -0.15) is 13.2 Å². The zero-order chi connectivity index (χ0) is 15.8. The van der Waals surface area contributed by atoms with Gasteiger partial charge in [0.15, 0.2) is 15.6 Å². The van der Waals surface area contributed by atoms with Crippen molar-refractivity contribution in [2.24, 2.45) is 0 Å². The first kappa shape index (κ1) is 15.3. The number of aromatic amines is 1. The van der Waals surface area contributed by atoms with E-state index in [1.807, 2.05) is 0 Å². The second-order valence-electron chi connectivity index (χ2n) is 4.41. The summed E-state index contributed by atoms with van der Waals surface area (Å²) in [5.41, 5.74) is -1.24. The molecule has 2 aromatic rings. The summed E-state index contributed by atoms with van der Waals surface area (Å²) in [5.74, 6) is -0.662. The number of sulfone groups is 1. The van der Waals surface area contributed by atoms with Gasteiger partial charge in [0.1, 0.15) is 0 Å². The minimum Gasteiger partial charge on any atom is -0.367 e. The van der Waals surface area contributed by atoms with Crippen LogP contribution in [0.3, 0.4) is 0 Å². The molecule has 0 spiro atoms. The van der Waals surface area contributed by atoms with Crippen molar-refractivity contribution in [3.05, 3.63) is 53.3 Å². The Labute approximate surface area is 118 Å². The van der Waals surface area contributed by atoms with Crippen LogP contribution in [0.1, 0.15) is 21.5 Å². The van der Waals surface area contributed by atoms with Gasteiger partial charge < -0.3 is 4.98 Å². The molecular formula is C13H10F3NO3S. The highest BCUT2D eigenvalue weighted by Gasteiger charge is 2.33. The van der Waals surface area contributed by atoms with E-state index in [2.05, 4.69) is 4.98 Å². The molecule has 1 aromatic carbocycles. The van der Waals surface area contributed by atoms with Crippen LogP contribution >= 0.6 is 0 Å². The lowest BCUT2D eigenvalue weighted by Crippen LogP contribution is -2.12. The van der Waals surface area contributed by atoms with Gasteiger partial charge >= 0.3 is 6.18 Å². The molecule has 0 bridgehead atoms. The quantitative estimate of drug-likeness (QED) is 0.885. The topological polar surface area (TPSA) is 67.0 Å². The summed E-state index contributed by atoms with van der Waals surface area (Å²) in [7, 11) is -3.98. The molecule has 1 aromatic heterocycles. The van der Waals surface area contributed by atoms with E-state index in [-0.39, 0.29) is 11.1 Å². The first-order chi connectivity index (χ1) is 9.60. The molecule has 8 heteroatoms. The van der Waals surface area contributed by atoms with E-state index in [1.54, 1.807) is 0 Å². The number of aromatic nitrogens is 1. The number of rotatable bonds is 3. The van der Waals surface area contributed by atoms with E-state index in [0.717, 1.165) is 12.3 Å². The average Bonchev–Trinajstić information content (AvgIpc) is 2.89. The van der Waals surface area contributed by atoms with Gasteiger partial charge in [-0.15, -0.1) is 0 Å². The van der Waals surface area contributed by atoms with Gasteiger partial charge in [-0.05, 0) is 24.3 Å². The Kier molecular flexibility index (Phi) is 3.66. The number of carbonyl (C=O) groups is 1. The molecule has 1 N–H and O–H groups in total. The van der Waals surface area contributed by atoms with Crippen molar-refractivity contribution in [3.63, 3.8) is 0 Å². The summed E-state index contributed by atoms with van der Waals surface area (Å²) >= 11 is 0. The lowest BCUT2D eigenvalue weighted by molar-refractivity contribution is -0.137. The lowest BCUT2D eigenvalue weighted by Gasteiger charge is -2.11. The minimum absolute atomic E-state index is 0.166. The third-order valence-electron chi connectivity index (χ3n) is 2.81. The molecule has 0 aliphatic rings. The van der Waals surface area contributed by atoms with E-state index in [9.17, 15) is 26.4 Å². The van der Waals surface area contributed by atoms with Crippen LogP contribution in [0.4, 0.5) is 13.2 Å². The highest BCUT2D eigenvalue weighted by molar-refractivity contribution is 7.90. The monoisotopic (exact) mass is 317 g/mol. The second-order valence-corrected chi connectivity index (χ2v) is 6.39. The zero-order valence-electron chi connectivity index (χ0n) is 10.7. The second kappa shape index (κ2) is 5.03. The predicted octanol–water partition coefficient (Wildman–Crippen LogP) is 2.67. The van der Waals surface area contributed by atoms with Gasteiger partial charge in [0.25, 0.3) is 0 Å². The van der Waals surface area contributed by atoms with Crippen molar-refractivity contribution in [1.82, 2.24) is 4.98 Å². The van der Waals surface area contributed by atoms with E-state index in [4.69, 9.17) is 0 Å². The summed E-state index contributed by atoms with van der Waals surface area (Å²) in [4.78, 5) is 14.2. The van der Waals surface area contributed by atoms with Crippen LogP contribution in [0.25, 0.3) is 0 Å². The molecule has 0 saturated heterocycles. The van der Waals surface area contributed by atoms with Crippen LogP contribution in [0, 0.1) is 0 Å². The molecule has 0 unspecified atom stereocenters. The Morgan fingerprint density at radius 2 is 1.86 bits per heavy atom. The summed E-state index contributed by atoms with van der Waals surface area (Å²) in [6.45, 7) is 0. The van der Waals surface area contributed by atoms with Gasteiger partial charge in [-0.3, -0.25) is 4.79 Å². The van der Waals surface area contributed by atoms with Crippen molar-refractivity contribution in [1.29, 1.82) is 0 Å². The Balaban J connectivity index is 2.65. The number of H-pyrrole nitrogens is 1. The largest absolute Gasteiger partial charge is 0.416 e. The maximum absolute atomic E-state index is 12.7. The molecule has 21 heavy (non-hydrogen) atoms. The van der Waals surface area contributed by atoms with Crippen LogP contribution in [0.2, 0.25) is 0 Å². The van der Waals surface area contributed by atoms with Crippen LogP contribution in [-0.4, -0.2) is 25.4 Å². The SMILES string of the molecule is CS(=O)(=O)c1cc(C(F)(F)F)ccc1C(=O)c1cc[nH]c1. The Hall–Kier alpha value is -2.09. The molecule has 112 valence electrons. The third kappa shape index (κ3) is 3.15. The number of hydrogen-bond acceptors (Lipinski definition) is 3. The summed E-state index contributed by atoms with van der Waals surface area (Å²) in [5, 5.41) is 0. The normalized spacial score (nSPS) is 12.4. The summed E-state index contributed by atoms with van der Waals surface area (Å²) in [6, 6.07) is 3.46. The first-order valence-electron chi connectivity index (χ1n) is 5.69. The van der Waals surface area contributed by atoms with Crippen molar-refractivity contribution < 1.29 is 26.4 Å². The molecule has 0 radical (unpaired) electrons. The molecule has 0 aliphatic heterocycles. The highest BCUT2D eigenvalue weighted by atomic mass is 32.2. The third-order valence-corrected chi connectivity index (χ3v) is 3.95. The van der Waals surface area contributed by atoms with Crippen molar-refractivity contribution >= 4 is 15.6 Å². The van der Waals surface area contributed by atoms with Crippen LogP contribution in [-0.2, 0) is 16.0 Å². The van der Waals surface area contributed by atoms with Crippen molar-refractivity contribution in [2.75, 3.05) is 6.26 Å². The molecule has 1 heterocycles. The van der Waals surface area contributed by atoms with Crippen molar-refractivity contribution in [3.8, 4) is 0 Å². The Bertz CT molecular complexity index is 777. The fourth-order valence-electron chi connectivity index (χ4n) is 1.81. The van der Waals surface area contributed by atoms with Gasteiger partial charge in [0.05, 0.1) is 10.5 Å². The van der Waals surface area contributed by atoms with Gasteiger partial charge in [0.2, 0.25) is 0 Å². The number of hydrogen-bond donors (Lipinski definition) is 1. The first-order valence-corrected chi connectivity index (χ1v) is 7.58. The number of alkyl halides is 3. The number of halogens is 3. The van der Waals surface area contributed by atoms with Crippen LogP contribution in [0.15, 0.2) is 41.6 Å². The number of ketones is 1. The maximum Gasteiger partial charge on any atom is 0.416 e. The molecule has 0 saturated carbocycles. The molecule has 0 fully saturated rings. The van der Waals surface area contributed by atoms with Crippen LogP contribution in [0.5, 0.6) is 0 Å². The predicted molar refractivity (Wildman–Crippen MR) is 68.8 cm³/mol. The molecule has 0 aliphatic carbocycles. The Morgan fingerprint density at radius 3 is 2.33 bits per heavy atom. The summed E-state index contributed by atoms with van der Waals surface area (Å²) < 4.78 is 61.4. The molecule has 2 rings (SSSR count). The van der Waals surface area contributed by atoms with E-state index >= 15 is 0 Å². The molecule has 0 atom stereocenters. The average molecular weight is 317 g/mol. The minimum atomic E-state index is -4.69. The summed E-state index contributed by atoms with van der Waals surface area (Å²) in [6.07, 6.45) is -1.13.